The first-order valence-corrected chi connectivity index (χ1v) is 5.38. The Kier molecular flexibility index (Phi) is 2.54. The normalized spacial score (nSPS) is 21.3. The standard InChI is InChI=1S/C10H18N4/c1-7(2)14-10-8(6-11)4-3-5-9(10)12-13-14/h7-8H,3-6,11H2,1-2H3. The molecule has 4 nitrogen and oxygen atoms in total. The van der Waals surface area contributed by atoms with Crippen LogP contribution in [0.5, 0.6) is 0 Å². The lowest BCUT2D eigenvalue weighted by molar-refractivity contribution is 0.451. The van der Waals surface area contributed by atoms with Crippen molar-refractivity contribution in [1.82, 2.24) is 15.0 Å². The summed E-state index contributed by atoms with van der Waals surface area (Å²) < 4.78 is 2.03. The van der Waals surface area contributed by atoms with Crippen LogP contribution in [0.4, 0.5) is 0 Å². The summed E-state index contributed by atoms with van der Waals surface area (Å²) in [5, 5.41) is 8.44. The molecule has 1 heterocycles. The van der Waals surface area contributed by atoms with Crippen LogP contribution in [0, 0.1) is 0 Å². The zero-order chi connectivity index (χ0) is 10.1. The number of hydrogen-bond donors (Lipinski definition) is 1. The average Bonchev–Trinajstić information content (AvgIpc) is 2.60. The Balaban J connectivity index is 2.41. The summed E-state index contributed by atoms with van der Waals surface area (Å²) in [6.45, 7) is 4.99. The van der Waals surface area contributed by atoms with Crippen molar-refractivity contribution in [3.8, 4) is 0 Å². The maximum atomic E-state index is 5.78. The molecular formula is C10H18N4. The van der Waals surface area contributed by atoms with Gasteiger partial charge in [0, 0.05) is 18.5 Å². The number of nitrogens with two attached hydrogens (primary N) is 1. The van der Waals surface area contributed by atoms with Crippen LogP contribution in [0.2, 0.25) is 0 Å². The van der Waals surface area contributed by atoms with Gasteiger partial charge in [0.1, 0.15) is 0 Å². The topological polar surface area (TPSA) is 56.7 Å². The predicted molar refractivity (Wildman–Crippen MR) is 55.1 cm³/mol. The van der Waals surface area contributed by atoms with Crippen LogP contribution in [0.1, 0.15) is 50.0 Å². The van der Waals surface area contributed by atoms with Crippen LogP contribution < -0.4 is 5.73 Å². The second-order valence-electron chi connectivity index (χ2n) is 4.28. The Morgan fingerprint density at radius 1 is 1.57 bits per heavy atom. The molecule has 0 aromatic carbocycles. The quantitative estimate of drug-likeness (QED) is 0.770. The molecule has 0 aliphatic heterocycles. The predicted octanol–water partition coefficient (Wildman–Crippen LogP) is 1.24. The van der Waals surface area contributed by atoms with Crippen molar-refractivity contribution in [3.63, 3.8) is 0 Å². The smallest absolute Gasteiger partial charge is 0.0862 e. The molecule has 0 saturated heterocycles. The minimum Gasteiger partial charge on any atom is -0.330 e. The van der Waals surface area contributed by atoms with E-state index in [1.54, 1.807) is 0 Å². The largest absolute Gasteiger partial charge is 0.330 e. The second-order valence-corrected chi connectivity index (χ2v) is 4.28. The first kappa shape index (κ1) is 9.65. The fourth-order valence-corrected chi connectivity index (χ4v) is 2.20. The van der Waals surface area contributed by atoms with E-state index in [1.165, 1.54) is 24.2 Å². The molecule has 0 amide bonds. The Morgan fingerprint density at radius 3 is 3.00 bits per heavy atom. The third-order valence-electron chi connectivity index (χ3n) is 2.93. The molecule has 2 rings (SSSR count). The van der Waals surface area contributed by atoms with Crippen LogP contribution in [0.25, 0.3) is 0 Å². The molecule has 1 aromatic heterocycles. The highest BCUT2D eigenvalue weighted by Gasteiger charge is 2.26. The van der Waals surface area contributed by atoms with Gasteiger partial charge in [-0.15, -0.1) is 5.10 Å². The molecule has 1 aliphatic rings. The van der Waals surface area contributed by atoms with E-state index in [0.29, 0.717) is 18.5 Å². The molecule has 0 spiro atoms. The van der Waals surface area contributed by atoms with Gasteiger partial charge in [-0.2, -0.15) is 0 Å². The fourth-order valence-electron chi connectivity index (χ4n) is 2.20. The number of aryl methyl sites for hydroxylation is 1. The first-order valence-electron chi connectivity index (χ1n) is 5.38. The van der Waals surface area contributed by atoms with Gasteiger partial charge in [-0.25, -0.2) is 4.68 Å². The van der Waals surface area contributed by atoms with E-state index in [2.05, 4.69) is 24.2 Å². The van der Waals surface area contributed by atoms with E-state index in [0.717, 1.165) is 6.42 Å². The first-order chi connectivity index (χ1) is 6.74. The van der Waals surface area contributed by atoms with Gasteiger partial charge in [0.15, 0.2) is 0 Å². The summed E-state index contributed by atoms with van der Waals surface area (Å²) in [7, 11) is 0. The van der Waals surface area contributed by atoms with Crippen molar-refractivity contribution in [2.45, 2.75) is 45.1 Å². The van der Waals surface area contributed by atoms with E-state index in [-0.39, 0.29) is 0 Å². The van der Waals surface area contributed by atoms with E-state index in [1.807, 2.05) is 4.68 Å². The molecular weight excluding hydrogens is 176 g/mol. The SMILES string of the molecule is CC(C)n1nnc2c1C(CN)CCC2. The molecule has 1 atom stereocenters. The molecule has 14 heavy (non-hydrogen) atoms. The molecule has 0 fully saturated rings. The molecule has 0 radical (unpaired) electrons. The zero-order valence-electron chi connectivity index (χ0n) is 8.90. The second kappa shape index (κ2) is 3.69. The van der Waals surface area contributed by atoms with Crippen LogP contribution in [0.3, 0.4) is 0 Å². The van der Waals surface area contributed by atoms with E-state index >= 15 is 0 Å². The third-order valence-corrected chi connectivity index (χ3v) is 2.93. The van der Waals surface area contributed by atoms with E-state index < -0.39 is 0 Å². The summed E-state index contributed by atoms with van der Waals surface area (Å²) >= 11 is 0. The molecule has 0 bridgehead atoms. The van der Waals surface area contributed by atoms with Crippen LogP contribution >= 0.6 is 0 Å². The van der Waals surface area contributed by atoms with Gasteiger partial charge >= 0.3 is 0 Å². The van der Waals surface area contributed by atoms with Crippen molar-refractivity contribution in [2.75, 3.05) is 6.54 Å². The summed E-state index contributed by atoms with van der Waals surface area (Å²) in [5.74, 6) is 0.469. The minimum absolute atomic E-state index is 0.387. The molecule has 78 valence electrons. The Labute approximate surface area is 84.5 Å². The van der Waals surface area contributed by atoms with Crippen molar-refractivity contribution in [2.24, 2.45) is 5.73 Å². The zero-order valence-corrected chi connectivity index (χ0v) is 8.90. The maximum absolute atomic E-state index is 5.78. The highest BCUT2D eigenvalue weighted by atomic mass is 15.4. The van der Waals surface area contributed by atoms with Crippen LogP contribution in [-0.4, -0.2) is 21.5 Å². The van der Waals surface area contributed by atoms with E-state index in [9.17, 15) is 0 Å². The van der Waals surface area contributed by atoms with Gasteiger partial charge in [-0.1, -0.05) is 5.21 Å². The highest BCUT2D eigenvalue weighted by Crippen LogP contribution is 2.30. The summed E-state index contributed by atoms with van der Waals surface area (Å²) in [5.41, 5.74) is 8.23. The van der Waals surface area contributed by atoms with Crippen molar-refractivity contribution < 1.29 is 0 Å². The summed E-state index contributed by atoms with van der Waals surface area (Å²) in [4.78, 5) is 0. The number of fused-ring (bicyclic) bond motifs is 1. The minimum atomic E-state index is 0.387. The van der Waals surface area contributed by atoms with Gasteiger partial charge in [-0.05, 0) is 33.1 Å². The fraction of sp³-hybridized carbons (Fsp3) is 0.800. The van der Waals surface area contributed by atoms with Crippen molar-refractivity contribution in [3.05, 3.63) is 11.4 Å². The highest BCUT2D eigenvalue weighted by molar-refractivity contribution is 5.19. The number of rotatable bonds is 2. The Bertz CT molecular complexity index is 316. The van der Waals surface area contributed by atoms with Gasteiger partial charge in [-0.3, -0.25) is 0 Å². The van der Waals surface area contributed by atoms with Crippen molar-refractivity contribution >= 4 is 0 Å². The summed E-state index contributed by atoms with van der Waals surface area (Å²) in [6, 6.07) is 0.387. The van der Waals surface area contributed by atoms with Crippen molar-refractivity contribution in [1.29, 1.82) is 0 Å². The molecule has 2 N–H and O–H groups in total. The Hall–Kier alpha value is -0.900. The van der Waals surface area contributed by atoms with Gasteiger partial charge in [0.2, 0.25) is 0 Å². The lowest BCUT2D eigenvalue weighted by Gasteiger charge is -2.22. The monoisotopic (exact) mass is 194 g/mol. The number of nitrogens with zero attached hydrogens (tertiary/aromatic N) is 3. The average molecular weight is 194 g/mol. The Morgan fingerprint density at radius 2 is 2.36 bits per heavy atom. The van der Waals surface area contributed by atoms with Gasteiger partial charge in [0.25, 0.3) is 0 Å². The van der Waals surface area contributed by atoms with Gasteiger partial charge < -0.3 is 5.73 Å². The molecule has 0 saturated carbocycles. The molecule has 1 aliphatic carbocycles. The van der Waals surface area contributed by atoms with Gasteiger partial charge in [0.05, 0.1) is 11.4 Å². The van der Waals surface area contributed by atoms with E-state index in [4.69, 9.17) is 5.73 Å². The number of hydrogen-bond acceptors (Lipinski definition) is 3. The van der Waals surface area contributed by atoms with Crippen LogP contribution in [0.15, 0.2) is 0 Å². The molecule has 1 aromatic rings. The maximum Gasteiger partial charge on any atom is 0.0862 e. The molecule has 4 heteroatoms. The lowest BCUT2D eigenvalue weighted by Crippen LogP contribution is -2.22. The van der Waals surface area contributed by atoms with Crippen LogP contribution in [-0.2, 0) is 6.42 Å². The lowest BCUT2D eigenvalue weighted by atomic mass is 9.89. The summed E-state index contributed by atoms with van der Waals surface area (Å²) in [6.07, 6.45) is 3.45. The molecule has 1 unspecified atom stereocenters. The number of aromatic nitrogens is 3. The third kappa shape index (κ3) is 1.43.